The van der Waals surface area contributed by atoms with Crippen molar-refractivity contribution < 1.29 is 18.5 Å². The lowest BCUT2D eigenvalue weighted by molar-refractivity contribution is -0.118. The molecule has 158 valence electrons. The first kappa shape index (κ1) is 20.4. The smallest absolute Gasteiger partial charge is 0.276 e. The lowest BCUT2D eigenvalue weighted by Gasteiger charge is -2.34. The third-order valence-corrected chi connectivity index (χ3v) is 5.69. The van der Waals surface area contributed by atoms with Crippen LogP contribution in [0.1, 0.15) is 16.2 Å². The van der Waals surface area contributed by atoms with Gasteiger partial charge in [-0.2, -0.15) is 0 Å². The summed E-state index contributed by atoms with van der Waals surface area (Å²) in [4.78, 5) is 32.8. The number of oxazole rings is 1. The Morgan fingerprint density at radius 2 is 2.00 bits per heavy atom. The molecule has 1 aliphatic rings. The number of rotatable bonds is 7. The average molecular weight is 430 g/mol. The minimum Gasteiger partial charge on any atom is -0.431 e. The second-order valence-corrected chi connectivity index (χ2v) is 7.97. The third kappa shape index (κ3) is 5.00. The molecule has 4 rings (SSSR count). The zero-order valence-electron chi connectivity index (χ0n) is 16.7. The topological polar surface area (TPSA) is 105 Å². The minimum absolute atomic E-state index is 0.0579. The summed E-state index contributed by atoms with van der Waals surface area (Å²) in [5, 5.41) is 7.21. The Kier molecular flexibility index (Phi) is 6.34. The van der Waals surface area contributed by atoms with Crippen molar-refractivity contribution in [3.05, 3.63) is 41.8 Å². The lowest BCUT2D eigenvalue weighted by Crippen LogP contribution is -2.50. The molecule has 1 N–H and O–H groups in total. The molecule has 0 saturated carbocycles. The zero-order chi connectivity index (χ0) is 20.9. The second kappa shape index (κ2) is 9.31. The van der Waals surface area contributed by atoms with E-state index >= 15 is 0 Å². The molecule has 30 heavy (non-hydrogen) atoms. The van der Waals surface area contributed by atoms with E-state index in [1.54, 1.807) is 17.9 Å². The first-order valence-corrected chi connectivity index (χ1v) is 10.8. The molecule has 0 spiro atoms. The Labute approximate surface area is 177 Å². The van der Waals surface area contributed by atoms with Crippen molar-refractivity contribution in [1.82, 2.24) is 25.3 Å². The van der Waals surface area contributed by atoms with Gasteiger partial charge in [0.05, 0.1) is 5.75 Å². The van der Waals surface area contributed by atoms with Gasteiger partial charge in [0.2, 0.25) is 5.91 Å². The van der Waals surface area contributed by atoms with E-state index in [9.17, 15) is 9.59 Å². The quantitative estimate of drug-likeness (QED) is 0.567. The van der Waals surface area contributed by atoms with Crippen LogP contribution in [0, 0.1) is 6.92 Å². The number of carbonyl (C=O) groups excluding carboxylic acids is 2. The number of hydrogen-bond donors (Lipinski definition) is 1. The second-order valence-electron chi connectivity index (χ2n) is 7.04. The van der Waals surface area contributed by atoms with Crippen molar-refractivity contribution in [2.75, 3.05) is 45.0 Å². The summed E-state index contributed by atoms with van der Waals surface area (Å²) >= 11 is 1.28. The highest BCUT2D eigenvalue weighted by Crippen LogP contribution is 2.22. The molecule has 2 aromatic heterocycles. The maximum atomic E-state index is 12.4. The van der Waals surface area contributed by atoms with Crippen molar-refractivity contribution in [3.8, 4) is 0 Å². The van der Waals surface area contributed by atoms with E-state index in [-0.39, 0.29) is 17.6 Å². The van der Waals surface area contributed by atoms with E-state index < -0.39 is 0 Å². The minimum atomic E-state index is -0.101. The fourth-order valence-corrected chi connectivity index (χ4v) is 3.92. The highest BCUT2D eigenvalue weighted by molar-refractivity contribution is 7.99. The van der Waals surface area contributed by atoms with Gasteiger partial charge in [-0.1, -0.05) is 29.1 Å². The monoisotopic (exact) mass is 429 g/mol. The van der Waals surface area contributed by atoms with Gasteiger partial charge in [0.25, 0.3) is 11.1 Å². The van der Waals surface area contributed by atoms with Crippen molar-refractivity contribution in [3.63, 3.8) is 0 Å². The summed E-state index contributed by atoms with van der Waals surface area (Å²) < 4.78 is 10.6. The molecule has 3 heterocycles. The molecule has 1 fully saturated rings. The molecule has 0 radical (unpaired) electrons. The maximum Gasteiger partial charge on any atom is 0.276 e. The number of thioether (sulfide) groups is 1. The van der Waals surface area contributed by atoms with E-state index in [4.69, 9.17) is 8.94 Å². The Morgan fingerprint density at radius 3 is 2.73 bits per heavy atom. The first-order valence-electron chi connectivity index (χ1n) is 9.78. The average Bonchev–Trinajstić information content (AvgIpc) is 3.38. The van der Waals surface area contributed by atoms with Crippen LogP contribution in [-0.4, -0.2) is 76.8 Å². The highest BCUT2D eigenvalue weighted by Gasteiger charge is 2.24. The summed E-state index contributed by atoms with van der Waals surface area (Å²) in [5.41, 5.74) is 1.86. The lowest BCUT2D eigenvalue weighted by atomic mass is 10.2. The van der Waals surface area contributed by atoms with E-state index in [0.29, 0.717) is 36.3 Å². The van der Waals surface area contributed by atoms with E-state index in [0.717, 1.165) is 30.7 Å². The molecular weight excluding hydrogens is 406 g/mol. The van der Waals surface area contributed by atoms with Gasteiger partial charge < -0.3 is 19.2 Å². The van der Waals surface area contributed by atoms with Gasteiger partial charge >= 0.3 is 0 Å². The van der Waals surface area contributed by atoms with Gasteiger partial charge in [-0.25, -0.2) is 4.98 Å². The first-order chi connectivity index (χ1) is 14.6. The Hall–Kier alpha value is -2.85. The number of para-hydroxylation sites is 2. The zero-order valence-corrected chi connectivity index (χ0v) is 17.5. The number of nitrogens with zero attached hydrogens (tertiary/aromatic N) is 4. The van der Waals surface area contributed by atoms with Crippen LogP contribution in [0.5, 0.6) is 0 Å². The Bertz CT molecular complexity index is 992. The molecule has 0 bridgehead atoms. The van der Waals surface area contributed by atoms with Gasteiger partial charge in [0.1, 0.15) is 11.3 Å². The number of fused-ring (bicyclic) bond motifs is 1. The van der Waals surface area contributed by atoms with Gasteiger partial charge in [-0.05, 0) is 19.1 Å². The molecule has 0 atom stereocenters. The summed E-state index contributed by atoms with van der Waals surface area (Å²) in [6.07, 6.45) is 0. The highest BCUT2D eigenvalue weighted by atomic mass is 32.2. The van der Waals surface area contributed by atoms with E-state index in [1.807, 2.05) is 24.3 Å². The Morgan fingerprint density at radius 1 is 1.20 bits per heavy atom. The van der Waals surface area contributed by atoms with Crippen LogP contribution in [0.2, 0.25) is 0 Å². The fraction of sp³-hybridized carbons (Fsp3) is 0.400. The SMILES string of the molecule is Cc1cc(C(=O)N2CCN(CCNC(=O)CSc3nc4ccccc4o3)CC2)no1. The van der Waals surface area contributed by atoms with E-state index in [1.165, 1.54) is 11.8 Å². The summed E-state index contributed by atoms with van der Waals surface area (Å²) in [6.45, 7) is 5.85. The molecule has 10 heteroatoms. The van der Waals surface area contributed by atoms with Crippen molar-refractivity contribution in [1.29, 1.82) is 0 Å². The predicted molar refractivity (Wildman–Crippen MR) is 111 cm³/mol. The van der Waals surface area contributed by atoms with Crippen LogP contribution >= 0.6 is 11.8 Å². The number of aromatic nitrogens is 2. The molecule has 1 aliphatic heterocycles. The van der Waals surface area contributed by atoms with Crippen LogP contribution in [-0.2, 0) is 4.79 Å². The Balaban J connectivity index is 1.13. The van der Waals surface area contributed by atoms with Gasteiger partial charge in [0.15, 0.2) is 11.3 Å². The van der Waals surface area contributed by atoms with Crippen LogP contribution in [0.25, 0.3) is 11.1 Å². The third-order valence-electron chi connectivity index (χ3n) is 4.86. The largest absolute Gasteiger partial charge is 0.431 e. The number of carbonyl (C=O) groups is 2. The number of benzene rings is 1. The van der Waals surface area contributed by atoms with Crippen LogP contribution in [0.4, 0.5) is 0 Å². The molecule has 2 amide bonds. The summed E-state index contributed by atoms with van der Waals surface area (Å²) in [6, 6.07) is 9.18. The molecular formula is C20H23N5O4S. The van der Waals surface area contributed by atoms with Gasteiger partial charge in [-0.15, -0.1) is 0 Å². The standard InChI is InChI=1S/C20H23N5O4S/c1-14-12-16(23-29-14)19(27)25-10-8-24(9-11-25)7-6-21-18(26)13-30-20-22-15-4-2-3-5-17(15)28-20/h2-5,12H,6-11,13H2,1H3,(H,21,26). The summed E-state index contributed by atoms with van der Waals surface area (Å²) in [7, 11) is 0. The van der Waals surface area contributed by atoms with Crippen molar-refractivity contribution in [2.24, 2.45) is 0 Å². The number of hydrogen-bond acceptors (Lipinski definition) is 8. The number of aryl methyl sites for hydroxylation is 1. The van der Waals surface area contributed by atoms with Gasteiger partial charge in [0, 0.05) is 45.3 Å². The maximum absolute atomic E-state index is 12.4. The predicted octanol–water partition coefficient (Wildman–Crippen LogP) is 1.79. The molecule has 1 aromatic carbocycles. The molecule has 9 nitrogen and oxygen atoms in total. The van der Waals surface area contributed by atoms with Gasteiger partial charge in [-0.3, -0.25) is 14.5 Å². The van der Waals surface area contributed by atoms with Crippen molar-refractivity contribution in [2.45, 2.75) is 12.1 Å². The molecule has 1 saturated heterocycles. The molecule has 0 unspecified atom stereocenters. The number of amides is 2. The fourth-order valence-electron chi connectivity index (χ4n) is 3.25. The number of piperazine rings is 1. The van der Waals surface area contributed by atoms with Crippen LogP contribution < -0.4 is 5.32 Å². The normalized spacial score (nSPS) is 14.9. The molecule has 0 aliphatic carbocycles. The van der Waals surface area contributed by atoms with Crippen LogP contribution in [0.15, 0.2) is 44.5 Å². The van der Waals surface area contributed by atoms with E-state index in [2.05, 4.69) is 20.4 Å². The van der Waals surface area contributed by atoms with Crippen molar-refractivity contribution >= 4 is 34.7 Å². The summed E-state index contributed by atoms with van der Waals surface area (Å²) in [5.74, 6) is 0.724. The number of nitrogens with one attached hydrogen (secondary N) is 1. The van der Waals surface area contributed by atoms with Crippen LogP contribution in [0.3, 0.4) is 0 Å². The molecule has 3 aromatic rings.